The van der Waals surface area contributed by atoms with E-state index in [9.17, 15) is 8.78 Å². The number of benzene rings is 1. The van der Waals surface area contributed by atoms with Gasteiger partial charge in [-0.3, -0.25) is 0 Å². The van der Waals surface area contributed by atoms with E-state index in [2.05, 4.69) is 11.3 Å². The number of hydrogen-bond donors (Lipinski definition) is 0. The van der Waals surface area contributed by atoms with Gasteiger partial charge in [0.25, 0.3) is 0 Å². The molecule has 0 unspecified atom stereocenters. The minimum Gasteiger partial charge on any atom is -0.497 e. The van der Waals surface area contributed by atoms with Crippen molar-refractivity contribution >= 4 is 5.76 Å². The fourth-order valence-electron chi connectivity index (χ4n) is 1.03. The Morgan fingerprint density at radius 1 is 1.21 bits per heavy atom. The third kappa shape index (κ3) is 1.84. The van der Waals surface area contributed by atoms with Gasteiger partial charge in [0.2, 0.25) is 0 Å². The van der Waals surface area contributed by atoms with Crippen LogP contribution in [0.3, 0.4) is 0 Å². The predicted molar refractivity (Wildman–Crippen MR) is 49.0 cm³/mol. The zero-order valence-electron chi connectivity index (χ0n) is 7.93. The second-order valence-corrected chi connectivity index (χ2v) is 2.60. The number of methoxy groups -OCH3 is 2. The summed E-state index contributed by atoms with van der Waals surface area (Å²) in [5.41, 5.74) is 0.253. The molecule has 76 valence electrons. The van der Waals surface area contributed by atoms with E-state index in [0.717, 1.165) is 12.1 Å². The van der Waals surface area contributed by atoms with Crippen molar-refractivity contribution in [3.05, 3.63) is 35.9 Å². The van der Waals surface area contributed by atoms with Gasteiger partial charge in [0.05, 0.1) is 14.2 Å². The van der Waals surface area contributed by atoms with Crippen LogP contribution in [0.1, 0.15) is 5.56 Å². The lowest BCUT2D eigenvalue weighted by Crippen LogP contribution is -1.95. The summed E-state index contributed by atoms with van der Waals surface area (Å²) in [4.78, 5) is 0. The average Bonchev–Trinajstić information content (AvgIpc) is 2.16. The maximum atomic E-state index is 13.1. The summed E-state index contributed by atoms with van der Waals surface area (Å²) in [7, 11) is 2.58. The molecule has 0 aliphatic carbocycles. The van der Waals surface area contributed by atoms with Crippen LogP contribution in [0.4, 0.5) is 8.78 Å². The number of halogens is 2. The molecule has 0 spiro atoms. The Hall–Kier alpha value is -1.58. The lowest BCUT2D eigenvalue weighted by atomic mass is 10.2. The lowest BCUT2D eigenvalue weighted by Gasteiger charge is -2.07. The van der Waals surface area contributed by atoms with Gasteiger partial charge >= 0.3 is 0 Å². The van der Waals surface area contributed by atoms with Crippen LogP contribution in [-0.4, -0.2) is 14.2 Å². The standard InChI is InChI=1S/C10H10F2O2/c1-6(13-2)7-4-8(11)10(14-3)9(12)5-7/h4-5H,1H2,2-3H3. The highest BCUT2D eigenvalue weighted by Crippen LogP contribution is 2.25. The molecular formula is C10H10F2O2. The van der Waals surface area contributed by atoms with Gasteiger partial charge in [-0.15, -0.1) is 0 Å². The molecule has 0 amide bonds. The molecule has 1 aromatic carbocycles. The lowest BCUT2D eigenvalue weighted by molar-refractivity contribution is 0.355. The van der Waals surface area contributed by atoms with E-state index in [4.69, 9.17) is 4.74 Å². The van der Waals surface area contributed by atoms with Crippen LogP contribution < -0.4 is 4.74 Å². The molecule has 0 heterocycles. The Kier molecular flexibility index (Phi) is 3.06. The van der Waals surface area contributed by atoms with Crippen molar-refractivity contribution in [2.24, 2.45) is 0 Å². The number of rotatable bonds is 3. The molecule has 4 heteroatoms. The van der Waals surface area contributed by atoms with Gasteiger partial charge in [-0.05, 0) is 12.1 Å². The largest absolute Gasteiger partial charge is 0.497 e. The van der Waals surface area contributed by atoms with E-state index in [0.29, 0.717) is 0 Å². The van der Waals surface area contributed by atoms with E-state index < -0.39 is 17.4 Å². The molecule has 0 aliphatic heterocycles. The Morgan fingerprint density at radius 2 is 1.71 bits per heavy atom. The first-order valence-electron chi connectivity index (χ1n) is 3.86. The summed E-state index contributed by atoms with van der Waals surface area (Å²) in [6, 6.07) is 2.21. The van der Waals surface area contributed by atoms with Crippen LogP contribution >= 0.6 is 0 Å². The fraction of sp³-hybridized carbons (Fsp3) is 0.200. The first kappa shape index (κ1) is 10.5. The van der Waals surface area contributed by atoms with Crippen molar-refractivity contribution in [3.63, 3.8) is 0 Å². The molecule has 0 atom stereocenters. The maximum absolute atomic E-state index is 13.1. The molecule has 0 aromatic heterocycles. The zero-order valence-corrected chi connectivity index (χ0v) is 7.93. The topological polar surface area (TPSA) is 18.5 Å². The number of hydrogen-bond acceptors (Lipinski definition) is 2. The van der Waals surface area contributed by atoms with Crippen molar-refractivity contribution in [3.8, 4) is 5.75 Å². The van der Waals surface area contributed by atoms with Crippen LogP contribution in [-0.2, 0) is 4.74 Å². The summed E-state index contributed by atoms with van der Waals surface area (Å²) < 4.78 is 35.6. The Balaban J connectivity index is 3.20. The van der Waals surface area contributed by atoms with Gasteiger partial charge in [0, 0.05) is 5.56 Å². The van der Waals surface area contributed by atoms with E-state index in [1.54, 1.807) is 0 Å². The first-order valence-corrected chi connectivity index (χ1v) is 3.86. The van der Waals surface area contributed by atoms with E-state index in [1.165, 1.54) is 14.2 Å². The molecule has 0 saturated carbocycles. The summed E-state index contributed by atoms with van der Waals surface area (Å²) >= 11 is 0. The summed E-state index contributed by atoms with van der Waals surface area (Å²) in [5.74, 6) is -1.76. The third-order valence-electron chi connectivity index (χ3n) is 1.77. The van der Waals surface area contributed by atoms with Gasteiger partial charge in [0.15, 0.2) is 17.4 Å². The van der Waals surface area contributed by atoms with Gasteiger partial charge < -0.3 is 9.47 Å². The van der Waals surface area contributed by atoms with Crippen LogP contribution in [0.5, 0.6) is 5.75 Å². The minimum absolute atomic E-state index is 0.199. The molecule has 0 bridgehead atoms. The Labute approximate surface area is 80.8 Å². The summed E-state index contributed by atoms with van der Waals surface area (Å²) in [6.45, 7) is 3.48. The van der Waals surface area contributed by atoms with Crippen molar-refractivity contribution in [2.75, 3.05) is 14.2 Å². The quantitative estimate of drug-likeness (QED) is 0.698. The van der Waals surface area contributed by atoms with Crippen molar-refractivity contribution in [1.82, 2.24) is 0 Å². The minimum atomic E-state index is -0.777. The summed E-state index contributed by atoms with van der Waals surface area (Å²) in [5, 5.41) is 0. The molecular weight excluding hydrogens is 190 g/mol. The van der Waals surface area contributed by atoms with Crippen molar-refractivity contribution in [1.29, 1.82) is 0 Å². The second-order valence-electron chi connectivity index (χ2n) is 2.60. The number of ether oxygens (including phenoxy) is 2. The molecule has 2 nitrogen and oxygen atoms in total. The monoisotopic (exact) mass is 200 g/mol. The van der Waals surface area contributed by atoms with Crippen LogP contribution in [0.2, 0.25) is 0 Å². The molecule has 1 rings (SSSR count). The van der Waals surface area contributed by atoms with Gasteiger partial charge in [-0.2, -0.15) is 0 Å². The second kappa shape index (κ2) is 4.09. The van der Waals surface area contributed by atoms with Crippen LogP contribution in [0.25, 0.3) is 5.76 Å². The maximum Gasteiger partial charge on any atom is 0.190 e. The molecule has 0 radical (unpaired) electrons. The van der Waals surface area contributed by atoms with E-state index in [1.807, 2.05) is 0 Å². The average molecular weight is 200 g/mol. The van der Waals surface area contributed by atoms with Gasteiger partial charge in [0.1, 0.15) is 5.76 Å². The highest BCUT2D eigenvalue weighted by atomic mass is 19.1. The summed E-state index contributed by atoms with van der Waals surface area (Å²) in [6.07, 6.45) is 0. The smallest absolute Gasteiger partial charge is 0.190 e. The molecule has 0 saturated heterocycles. The normalized spacial score (nSPS) is 9.71. The Morgan fingerprint density at radius 3 is 2.07 bits per heavy atom. The molecule has 0 fully saturated rings. The van der Waals surface area contributed by atoms with E-state index >= 15 is 0 Å². The third-order valence-corrected chi connectivity index (χ3v) is 1.77. The van der Waals surface area contributed by atoms with E-state index in [-0.39, 0.29) is 11.3 Å². The van der Waals surface area contributed by atoms with Gasteiger partial charge in [-0.1, -0.05) is 6.58 Å². The molecule has 14 heavy (non-hydrogen) atoms. The van der Waals surface area contributed by atoms with Crippen LogP contribution in [0.15, 0.2) is 18.7 Å². The molecule has 0 N–H and O–H groups in total. The first-order chi connectivity index (χ1) is 6.60. The highest BCUT2D eigenvalue weighted by molar-refractivity contribution is 5.58. The fourth-order valence-corrected chi connectivity index (χ4v) is 1.03. The zero-order chi connectivity index (χ0) is 10.7. The highest BCUT2D eigenvalue weighted by Gasteiger charge is 2.12. The van der Waals surface area contributed by atoms with Crippen molar-refractivity contribution < 1.29 is 18.3 Å². The molecule has 1 aromatic rings. The SMILES string of the molecule is C=C(OC)c1cc(F)c(OC)c(F)c1. The van der Waals surface area contributed by atoms with Crippen molar-refractivity contribution in [2.45, 2.75) is 0 Å². The Bertz CT molecular complexity index is 338. The van der Waals surface area contributed by atoms with Crippen LogP contribution in [0, 0.1) is 11.6 Å². The van der Waals surface area contributed by atoms with Gasteiger partial charge in [-0.25, -0.2) is 8.78 Å². The molecule has 0 aliphatic rings. The predicted octanol–water partition coefficient (Wildman–Crippen LogP) is 2.59.